The first-order chi connectivity index (χ1) is 16.8. The molecule has 0 aliphatic carbocycles. The van der Waals surface area contributed by atoms with Crippen LogP contribution in [0.15, 0.2) is 34.1 Å². The molecule has 0 saturated carbocycles. The summed E-state index contributed by atoms with van der Waals surface area (Å²) in [7, 11) is 0. The molecule has 0 saturated heterocycles. The fraction of sp³-hybridized carbons (Fsp3) is 0.292. The van der Waals surface area contributed by atoms with Gasteiger partial charge >= 0.3 is 0 Å². The van der Waals surface area contributed by atoms with Crippen molar-refractivity contribution in [3.05, 3.63) is 67.3 Å². The normalized spacial score (nSPS) is 12.3. The van der Waals surface area contributed by atoms with Crippen molar-refractivity contribution in [3.8, 4) is 17.2 Å². The Hall–Kier alpha value is -3.31. The van der Waals surface area contributed by atoms with Crippen LogP contribution in [0.5, 0.6) is 17.2 Å². The molecule has 0 atom stereocenters. The summed E-state index contributed by atoms with van der Waals surface area (Å²) in [6.07, 6.45) is 0. The third-order valence-corrected chi connectivity index (χ3v) is 7.93. The van der Waals surface area contributed by atoms with Gasteiger partial charge in [-0.25, -0.2) is 9.36 Å². The minimum absolute atomic E-state index is 0.177. The first kappa shape index (κ1) is 23.4. The number of aryl methyl sites for hydroxylation is 2. The third-order valence-electron chi connectivity index (χ3n) is 5.81. The van der Waals surface area contributed by atoms with Crippen molar-refractivity contribution in [2.75, 3.05) is 12.1 Å². The molecule has 1 amide bonds. The van der Waals surface area contributed by atoms with E-state index < -0.39 is 0 Å². The van der Waals surface area contributed by atoms with E-state index in [4.69, 9.17) is 14.2 Å². The number of benzene rings is 1. The molecular weight excluding hydrogens is 534 g/mol. The maximum absolute atomic E-state index is 13.0. The molecule has 1 aromatic carbocycles. The quantitative estimate of drug-likeness (QED) is 0.335. The molecule has 11 heteroatoms. The summed E-state index contributed by atoms with van der Waals surface area (Å²) < 4.78 is 21.3. The number of carbonyl (C=O) groups is 1. The van der Waals surface area contributed by atoms with Gasteiger partial charge in [0.15, 0.2) is 11.5 Å². The zero-order valence-corrected chi connectivity index (χ0v) is 22.1. The molecule has 4 aromatic rings. The van der Waals surface area contributed by atoms with Crippen LogP contribution in [-0.4, -0.2) is 32.3 Å². The van der Waals surface area contributed by atoms with E-state index in [0.29, 0.717) is 41.1 Å². The number of halogens is 1. The number of anilines is 1. The molecule has 3 aromatic heterocycles. The van der Waals surface area contributed by atoms with Gasteiger partial charge in [-0.15, -0.1) is 11.3 Å². The number of nitrogens with zero attached hydrogens (tertiary/aromatic N) is 4. The summed E-state index contributed by atoms with van der Waals surface area (Å²) in [4.78, 5) is 13.6. The number of fused-ring (bicyclic) bond motifs is 1. The molecule has 4 heterocycles. The fourth-order valence-electron chi connectivity index (χ4n) is 3.83. The van der Waals surface area contributed by atoms with Crippen molar-refractivity contribution < 1.29 is 19.0 Å². The molecule has 0 radical (unpaired) electrons. The lowest BCUT2D eigenvalue weighted by Crippen LogP contribution is -2.15. The van der Waals surface area contributed by atoms with Crippen LogP contribution in [0.25, 0.3) is 0 Å². The van der Waals surface area contributed by atoms with Gasteiger partial charge in [0.1, 0.15) is 19.0 Å². The predicted molar refractivity (Wildman–Crippen MR) is 136 cm³/mol. The smallest absolute Gasteiger partial charge is 0.265 e. The topological polar surface area (TPSA) is 92.4 Å². The number of amides is 1. The van der Waals surface area contributed by atoms with Crippen molar-refractivity contribution >= 4 is 38.9 Å². The van der Waals surface area contributed by atoms with Gasteiger partial charge in [0, 0.05) is 11.6 Å². The number of ether oxygens (including phenoxy) is 3. The van der Waals surface area contributed by atoms with Crippen molar-refractivity contribution in [1.82, 2.24) is 19.6 Å². The van der Waals surface area contributed by atoms with E-state index in [1.807, 2.05) is 60.6 Å². The van der Waals surface area contributed by atoms with Crippen LogP contribution in [0.1, 0.15) is 38.0 Å². The van der Waals surface area contributed by atoms with Gasteiger partial charge in [-0.3, -0.25) is 4.79 Å². The highest BCUT2D eigenvalue weighted by Gasteiger charge is 2.19. The lowest BCUT2D eigenvalue weighted by molar-refractivity contribution is 0.103. The second-order valence-electron chi connectivity index (χ2n) is 8.25. The Morgan fingerprint density at radius 1 is 1.09 bits per heavy atom. The van der Waals surface area contributed by atoms with Crippen molar-refractivity contribution in [2.24, 2.45) is 0 Å². The van der Waals surface area contributed by atoms with E-state index >= 15 is 0 Å². The van der Waals surface area contributed by atoms with Gasteiger partial charge in [0.25, 0.3) is 5.91 Å². The number of nitrogens with one attached hydrogen (secondary N) is 1. The number of rotatable bonds is 7. The second-order valence-corrected chi connectivity index (χ2v) is 9.95. The van der Waals surface area contributed by atoms with Gasteiger partial charge in [-0.2, -0.15) is 10.2 Å². The van der Waals surface area contributed by atoms with Gasteiger partial charge in [-0.05, 0) is 67.2 Å². The van der Waals surface area contributed by atoms with Crippen LogP contribution in [0.4, 0.5) is 5.69 Å². The highest BCUT2D eigenvalue weighted by molar-refractivity contribution is 9.10. The molecule has 182 valence electrons. The van der Waals surface area contributed by atoms with Crippen molar-refractivity contribution in [1.29, 1.82) is 0 Å². The molecule has 9 nitrogen and oxygen atoms in total. The Morgan fingerprint density at radius 3 is 2.60 bits per heavy atom. The SMILES string of the molecule is Cc1nn(Cn2nc(C)c(NC(=O)c3cc(COc4ccc5c(c4)OCO5)cs3)c2C)c(C)c1Br. The molecule has 35 heavy (non-hydrogen) atoms. The largest absolute Gasteiger partial charge is 0.489 e. The van der Waals surface area contributed by atoms with E-state index in [1.165, 1.54) is 11.3 Å². The summed E-state index contributed by atoms with van der Waals surface area (Å²) in [6, 6.07) is 7.30. The first-order valence-corrected chi connectivity index (χ1v) is 12.6. The Balaban J connectivity index is 1.24. The molecule has 0 spiro atoms. The maximum atomic E-state index is 13.0. The molecular formula is C24H24BrN5O4S. The zero-order chi connectivity index (χ0) is 24.7. The van der Waals surface area contributed by atoms with Gasteiger partial charge < -0.3 is 19.5 Å². The van der Waals surface area contributed by atoms with E-state index in [0.717, 1.165) is 32.8 Å². The van der Waals surface area contributed by atoms with Crippen LogP contribution < -0.4 is 19.5 Å². The zero-order valence-electron chi connectivity index (χ0n) is 19.7. The highest BCUT2D eigenvalue weighted by Crippen LogP contribution is 2.35. The van der Waals surface area contributed by atoms with Crippen molar-refractivity contribution in [3.63, 3.8) is 0 Å². The minimum atomic E-state index is -0.177. The molecule has 1 aliphatic rings. The lowest BCUT2D eigenvalue weighted by atomic mass is 10.2. The Labute approximate surface area is 214 Å². The van der Waals surface area contributed by atoms with Gasteiger partial charge in [0.05, 0.1) is 37.8 Å². The van der Waals surface area contributed by atoms with Crippen LogP contribution in [0.2, 0.25) is 0 Å². The van der Waals surface area contributed by atoms with Gasteiger partial charge in [0.2, 0.25) is 6.79 Å². The summed E-state index contributed by atoms with van der Waals surface area (Å²) >= 11 is 4.94. The molecule has 1 aliphatic heterocycles. The molecule has 0 fully saturated rings. The highest BCUT2D eigenvalue weighted by atomic mass is 79.9. The van der Waals surface area contributed by atoms with Crippen LogP contribution in [0.3, 0.4) is 0 Å². The monoisotopic (exact) mass is 557 g/mol. The number of carbonyl (C=O) groups excluding carboxylic acids is 1. The maximum Gasteiger partial charge on any atom is 0.265 e. The summed E-state index contributed by atoms with van der Waals surface area (Å²) in [6.45, 7) is 8.81. The molecule has 5 rings (SSSR count). The number of aromatic nitrogens is 4. The fourth-order valence-corrected chi connectivity index (χ4v) is 4.91. The first-order valence-electron chi connectivity index (χ1n) is 10.9. The van der Waals surface area contributed by atoms with E-state index in [1.54, 1.807) is 6.07 Å². The minimum Gasteiger partial charge on any atom is -0.489 e. The molecule has 1 N–H and O–H groups in total. The number of hydrogen-bond acceptors (Lipinski definition) is 7. The molecule has 0 unspecified atom stereocenters. The third kappa shape index (κ3) is 4.65. The predicted octanol–water partition coefficient (Wildman–Crippen LogP) is 5.20. The Bertz CT molecular complexity index is 1420. The average molecular weight is 558 g/mol. The van der Waals surface area contributed by atoms with Crippen LogP contribution >= 0.6 is 27.3 Å². The van der Waals surface area contributed by atoms with Crippen molar-refractivity contribution in [2.45, 2.75) is 41.0 Å². The van der Waals surface area contributed by atoms with Crippen LogP contribution in [0, 0.1) is 27.7 Å². The number of thiophene rings is 1. The molecule has 0 bridgehead atoms. The number of hydrogen-bond donors (Lipinski definition) is 1. The standard InChI is InChI=1S/C24H24BrN5O4S/c1-13-22(25)15(3)29(27-13)11-30-16(4)23(14(2)28-30)26-24(31)21-7-17(10-35-21)9-32-18-5-6-19-20(8-18)34-12-33-19/h5-8,10H,9,11-12H2,1-4H3,(H,26,31). The Kier molecular flexibility index (Phi) is 6.28. The lowest BCUT2D eigenvalue weighted by Gasteiger charge is -2.08. The van der Waals surface area contributed by atoms with E-state index in [-0.39, 0.29) is 12.7 Å². The summed E-state index contributed by atoms with van der Waals surface area (Å²) in [5.41, 5.74) is 5.18. The summed E-state index contributed by atoms with van der Waals surface area (Å²) in [5, 5.41) is 14.1. The van der Waals surface area contributed by atoms with Gasteiger partial charge in [-0.1, -0.05) is 0 Å². The van der Waals surface area contributed by atoms with Crippen LogP contribution in [-0.2, 0) is 13.3 Å². The summed E-state index contributed by atoms with van der Waals surface area (Å²) in [5.74, 6) is 1.89. The Morgan fingerprint density at radius 2 is 1.83 bits per heavy atom. The second kappa shape index (κ2) is 9.38. The van der Waals surface area contributed by atoms with E-state index in [2.05, 4.69) is 31.4 Å². The average Bonchev–Trinajstić information content (AvgIpc) is 3.61. The van der Waals surface area contributed by atoms with E-state index in [9.17, 15) is 4.79 Å².